The fraction of sp³-hybridized carbons (Fsp3) is 0.750. The second-order valence-corrected chi connectivity index (χ2v) is 13.4. The first-order valence-electron chi connectivity index (χ1n) is 11.7. The van der Waals surface area contributed by atoms with Crippen molar-refractivity contribution in [3.63, 3.8) is 0 Å². The third-order valence-corrected chi connectivity index (χ3v) is 12.0. The van der Waals surface area contributed by atoms with Crippen molar-refractivity contribution in [1.29, 1.82) is 0 Å². The Morgan fingerprint density at radius 1 is 0.893 bits per heavy atom. The van der Waals surface area contributed by atoms with Gasteiger partial charge in [0.1, 0.15) is 0 Å². The molecule has 0 N–H and O–H groups in total. The van der Waals surface area contributed by atoms with Crippen molar-refractivity contribution in [2.45, 2.75) is 95.7 Å². The Balaban J connectivity index is 1.49. The van der Waals surface area contributed by atoms with Crippen LogP contribution in [-0.4, -0.2) is 14.9 Å². The molecular weight excluding hydrogens is 370 g/mol. The molecule has 1 aromatic carbocycles. The summed E-state index contributed by atoms with van der Waals surface area (Å²) in [6.45, 7) is 5.34. The molecule has 28 heavy (non-hydrogen) atoms. The number of benzene rings is 1. The quantitative estimate of drug-likeness (QED) is 0.315. The monoisotopic (exact) mass is 408 g/mol. The van der Waals surface area contributed by atoms with Gasteiger partial charge in [-0.05, 0) is 86.2 Å². The van der Waals surface area contributed by atoms with E-state index >= 15 is 0 Å². The maximum atomic E-state index is 13.6. The van der Waals surface area contributed by atoms with Crippen LogP contribution in [0, 0.1) is 23.5 Å². The first-order chi connectivity index (χ1) is 13.6. The first kappa shape index (κ1) is 22.0. The Morgan fingerprint density at radius 2 is 1.57 bits per heavy atom. The van der Waals surface area contributed by atoms with E-state index in [4.69, 9.17) is 4.43 Å². The molecule has 0 aromatic heterocycles. The molecule has 0 unspecified atom stereocenters. The molecule has 1 aliphatic carbocycles. The number of hydrogen-bond donors (Lipinski definition) is 0. The van der Waals surface area contributed by atoms with Crippen LogP contribution in [0.4, 0.5) is 8.78 Å². The highest BCUT2D eigenvalue weighted by molar-refractivity contribution is 6.74. The summed E-state index contributed by atoms with van der Waals surface area (Å²) in [5, 5.41) is 0. The Kier molecular flexibility index (Phi) is 8.10. The zero-order valence-electron chi connectivity index (χ0n) is 17.8. The maximum Gasteiger partial charge on any atom is 0.192 e. The molecule has 0 atom stereocenters. The molecule has 1 nitrogen and oxygen atoms in total. The van der Waals surface area contributed by atoms with Crippen LogP contribution in [0.3, 0.4) is 0 Å². The molecular formula is C24H38F2OSi. The standard InChI is InChI=1S/C24H38F2OSi/c1-3-5-6-15-28(27-4-2)16-13-21(14-17-28)19-7-9-20(10-8-19)22-11-12-23(25)24(26)18-22/h11-12,18-21H,3-10,13-17H2,1-2H3/t19?,20?,21-,28-. The Bertz CT molecular complexity index is 605. The second-order valence-electron chi connectivity index (χ2n) is 9.20. The molecule has 3 rings (SSSR count). The fourth-order valence-corrected chi connectivity index (χ4v) is 10.3. The van der Waals surface area contributed by atoms with Crippen LogP contribution in [0.2, 0.25) is 18.1 Å². The van der Waals surface area contributed by atoms with Crippen molar-refractivity contribution >= 4 is 8.32 Å². The van der Waals surface area contributed by atoms with Crippen LogP contribution < -0.4 is 0 Å². The molecule has 0 amide bonds. The molecule has 1 heterocycles. The lowest BCUT2D eigenvalue weighted by molar-refractivity contribution is 0.202. The van der Waals surface area contributed by atoms with Gasteiger partial charge in [-0.2, -0.15) is 0 Å². The van der Waals surface area contributed by atoms with Gasteiger partial charge in [-0.15, -0.1) is 0 Å². The molecule has 0 spiro atoms. The molecule has 1 aliphatic heterocycles. The Labute approximate surface area is 171 Å². The van der Waals surface area contributed by atoms with Crippen molar-refractivity contribution in [3.05, 3.63) is 35.4 Å². The first-order valence-corrected chi connectivity index (χ1v) is 14.2. The lowest BCUT2D eigenvalue weighted by Gasteiger charge is -2.42. The average Bonchev–Trinajstić information content (AvgIpc) is 2.71. The van der Waals surface area contributed by atoms with E-state index in [9.17, 15) is 8.78 Å². The SMILES string of the molecule is CCCCC[Si@]1(OCC)CC[C@H](C2CCC(c3ccc(F)c(F)c3)CC2)CC1. The summed E-state index contributed by atoms with van der Waals surface area (Å²) in [7, 11) is -1.48. The summed E-state index contributed by atoms with van der Waals surface area (Å²) in [6.07, 6.45) is 11.4. The number of hydrogen-bond acceptors (Lipinski definition) is 1. The summed E-state index contributed by atoms with van der Waals surface area (Å²) >= 11 is 0. The fourth-order valence-electron chi connectivity index (χ4n) is 5.80. The van der Waals surface area contributed by atoms with E-state index in [0.717, 1.165) is 36.8 Å². The lowest BCUT2D eigenvalue weighted by atomic mass is 9.72. The number of rotatable bonds is 8. The van der Waals surface area contributed by atoms with Gasteiger partial charge < -0.3 is 4.43 Å². The lowest BCUT2D eigenvalue weighted by Crippen LogP contribution is -2.43. The highest BCUT2D eigenvalue weighted by Gasteiger charge is 2.41. The van der Waals surface area contributed by atoms with Gasteiger partial charge >= 0.3 is 0 Å². The van der Waals surface area contributed by atoms with E-state index in [0.29, 0.717) is 5.92 Å². The van der Waals surface area contributed by atoms with Gasteiger partial charge in [0.05, 0.1) is 0 Å². The van der Waals surface area contributed by atoms with Crippen molar-refractivity contribution in [2.24, 2.45) is 11.8 Å². The second kappa shape index (κ2) is 10.3. The molecule has 158 valence electrons. The van der Waals surface area contributed by atoms with Gasteiger partial charge in [-0.3, -0.25) is 0 Å². The Hall–Kier alpha value is -0.743. The highest BCUT2D eigenvalue weighted by Crippen LogP contribution is 2.46. The van der Waals surface area contributed by atoms with Gasteiger partial charge in [-0.1, -0.05) is 45.1 Å². The molecule has 0 radical (unpaired) electrons. The molecule has 1 saturated carbocycles. The predicted molar refractivity (Wildman–Crippen MR) is 115 cm³/mol. The van der Waals surface area contributed by atoms with Gasteiger partial charge in [0.2, 0.25) is 0 Å². The number of unbranched alkanes of at least 4 members (excludes halogenated alkanes) is 2. The van der Waals surface area contributed by atoms with Crippen LogP contribution >= 0.6 is 0 Å². The van der Waals surface area contributed by atoms with Crippen LogP contribution in [-0.2, 0) is 4.43 Å². The maximum absolute atomic E-state index is 13.6. The molecule has 1 aromatic rings. The van der Waals surface area contributed by atoms with Gasteiger partial charge in [0, 0.05) is 6.61 Å². The summed E-state index contributed by atoms with van der Waals surface area (Å²) in [5.41, 5.74) is 0.986. The summed E-state index contributed by atoms with van der Waals surface area (Å²) in [6, 6.07) is 8.57. The summed E-state index contributed by atoms with van der Waals surface area (Å²) < 4.78 is 33.2. The van der Waals surface area contributed by atoms with Crippen molar-refractivity contribution in [2.75, 3.05) is 6.61 Å². The van der Waals surface area contributed by atoms with Crippen LogP contribution in [0.5, 0.6) is 0 Å². The molecule has 4 heteroatoms. The summed E-state index contributed by atoms with van der Waals surface area (Å²) in [5.74, 6) is 0.651. The third kappa shape index (κ3) is 5.44. The van der Waals surface area contributed by atoms with Crippen molar-refractivity contribution in [3.8, 4) is 0 Å². The van der Waals surface area contributed by atoms with Crippen LogP contribution in [0.25, 0.3) is 0 Å². The van der Waals surface area contributed by atoms with Crippen LogP contribution in [0.1, 0.15) is 83.1 Å². The van der Waals surface area contributed by atoms with Crippen molar-refractivity contribution in [1.82, 2.24) is 0 Å². The molecule has 0 bridgehead atoms. The van der Waals surface area contributed by atoms with E-state index in [2.05, 4.69) is 13.8 Å². The minimum absolute atomic E-state index is 0.404. The van der Waals surface area contributed by atoms with Crippen molar-refractivity contribution < 1.29 is 13.2 Å². The number of halogens is 2. The molecule has 2 fully saturated rings. The molecule has 2 aliphatic rings. The zero-order chi connectivity index (χ0) is 20.0. The van der Waals surface area contributed by atoms with E-state index in [1.54, 1.807) is 6.07 Å². The minimum atomic E-state index is -1.48. The smallest absolute Gasteiger partial charge is 0.192 e. The van der Waals surface area contributed by atoms with Crippen LogP contribution in [0.15, 0.2) is 18.2 Å². The third-order valence-electron chi connectivity index (χ3n) is 7.48. The summed E-state index contributed by atoms with van der Waals surface area (Å²) in [4.78, 5) is 0. The van der Waals surface area contributed by atoms with E-state index in [-0.39, 0.29) is 0 Å². The topological polar surface area (TPSA) is 9.23 Å². The van der Waals surface area contributed by atoms with E-state index in [1.807, 2.05) is 0 Å². The minimum Gasteiger partial charge on any atom is -0.417 e. The normalized spacial score (nSPS) is 31.1. The Morgan fingerprint density at radius 3 is 2.18 bits per heavy atom. The predicted octanol–water partition coefficient (Wildman–Crippen LogP) is 7.82. The highest BCUT2D eigenvalue weighted by atomic mass is 28.4. The molecule has 1 saturated heterocycles. The zero-order valence-corrected chi connectivity index (χ0v) is 18.8. The van der Waals surface area contributed by atoms with Gasteiger partial charge in [0.25, 0.3) is 0 Å². The van der Waals surface area contributed by atoms with E-state index in [1.165, 1.54) is 75.2 Å². The van der Waals surface area contributed by atoms with Gasteiger partial charge in [0.15, 0.2) is 20.0 Å². The van der Waals surface area contributed by atoms with E-state index < -0.39 is 20.0 Å². The largest absolute Gasteiger partial charge is 0.417 e. The average molecular weight is 409 g/mol. The van der Waals surface area contributed by atoms with Gasteiger partial charge in [-0.25, -0.2) is 8.78 Å².